The SMILES string of the molecule is CN=C(NCCCOC(C)c1ccccc1)NCc1ccsc1. The molecule has 1 aromatic heterocycles. The molecule has 5 heteroatoms. The molecule has 0 bridgehead atoms. The van der Waals surface area contributed by atoms with Gasteiger partial charge < -0.3 is 15.4 Å². The van der Waals surface area contributed by atoms with Crippen LogP contribution in [-0.2, 0) is 11.3 Å². The number of rotatable bonds is 8. The van der Waals surface area contributed by atoms with Gasteiger partial charge in [0.15, 0.2) is 5.96 Å². The molecule has 23 heavy (non-hydrogen) atoms. The highest BCUT2D eigenvalue weighted by atomic mass is 32.1. The van der Waals surface area contributed by atoms with Crippen molar-refractivity contribution in [3.05, 3.63) is 58.3 Å². The van der Waals surface area contributed by atoms with Crippen molar-refractivity contribution in [2.45, 2.75) is 26.0 Å². The molecule has 0 saturated heterocycles. The summed E-state index contributed by atoms with van der Waals surface area (Å²) in [5.74, 6) is 0.826. The van der Waals surface area contributed by atoms with Gasteiger partial charge in [-0.2, -0.15) is 11.3 Å². The van der Waals surface area contributed by atoms with Gasteiger partial charge in [-0.1, -0.05) is 30.3 Å². The first kappa shape index (κ1) is 17.5. The van der Waals surface area contributed by atoms with Crippen molar-refractivity contribution in [1.29, 1.82) is 0 Å². The Bertz CT molecular complexity index is 569. The van der Waals surface area contributed by atoms with Gasteiger partial charge in [0.25, 0.3) is 0 Å². The fourth-order valence-corrected chi connectivity index (χ4v) is 2.83. The average molecular weight is 331 g/mol. The van der Waals surface area contributed by atoms with Crippen LogP contribution in [0.25, 0.3) is 0 Å². The first-order chi connectivity index (χ1) is 11.3. The molecule has 4 nitrogen and oxygen atoms in total. The number of ether oxygens (including phenoxy) is 1. The molecule has 0 spiro atoms. The molecule has 0 aliphatic rings. The number of hydrogen-bond acceptors (Lipinski definition) is 3. The molecule has 2 aromatic rings. The number of nitrogens with one attached hydrogen (secondary N) is 2. The summed E-state index contributed by atoms with van der Waals surface area (Å²) in [5, 5.41) is 10.8. The number of guanidine groups is 1. The maximum absolute atomic E-state index is 5.86. The van der Waals surface area contributed by atoms with Crippen LogP contribution in [-0.4, -0.2) is 26.2 Å². The van der Waals surface area contributed by atoms with Gasteiger partial charge in [-0.3, -0.25) is 4.99 Å². The van der Waals surface area contributed by atoms with E-state index < -0.39 is 0 Å². The molecule has 1 heterocycles. The minimum absolute atomic E-state index is 0.132. The van der Waals surface area contributed by atoms with Crippen LogP contribution >= 0.6 is 11.3 Å². The zero-order valence-electron chi connectivity index (χ0n) is 13.8. The van der Waals surface area contributed by atoms with E-state index in [1.54, 1.807) is 18.4 Å². The summed E-state index contributed by atoms with van der Waals surface area (Å²) in [7, 11) is 1.79. The predicted octanol–water partition coefficient (Wildman–Crippen LogP) is 3.58. The zero-order valence-corrected chi connectivity index (χ0v) is 14.6. The van der Waals surface area contributed by atoms with Gasteiger partial charge in [0.05, 0.1) is 6.10 Å². The van der Waals surface area contributed by atoms with Gasteiger partial charge >= 0.3 is 0 Å². The molecule has 0 saturated carbocycles. The summed E-state index contributed by atoms with van der Waals surface area (Å²) in [5.41, 5.74) is 2.49. The predicted molar refractivity (Wildman–Crippen MR) is 97.9 cm³/mol. The first-order valence-electron chi connectivity index (χ1n) is 7.91. The van der Waals surface area contributed by atoms with E-state index in [1.165, 1.54) is 11.1 Å². The average Bonchev–Trinajstić information content (AvgIpc) is 3.11. The maximum Gasteiger partial charge on any atom is 0.191 e. The van der Waals surface area contributed by atoms with Crippen LogP contribution in [0.3, 0.4) is 0 Å². The van der Waals surface area contributed by atoms with Crippen molar-refractivity contribution in [2.24, 2.45) is 4.99 Å². The molecular weight excluding hydrogens is 306 g/mol. The molecule has 0 amide bonds. The largest absolute Gasteiger partial charge is 0.374 e. The molecule has 2 rings (SSSR count). The summed E-state index contributed by atoms with van der Waals surface area (Å²) in [6, 6.07) is 12.4. The lowest BCUT2D eigenvalue weighted by atomic mass is 10.1. The minimum Gasteiger partial charge on any atom is -0.374 e. The van der Waals surface area contributed by atoms with E-state index in [1.807, 2.05) is 18.2 Å². The first-order valence-corrected chi connectivity index (χ1v) is 8.86. The van der Waals surface area contributed by atoms with Crippen LogP contribution < -0.4 is 10.6 Å². The van der Waals surface area contributed by atoms with Gasteiger partial charge in [0.2, 0.25) is 0 Å². The minimum atomic E-state index is 0.132. The van der Waals surface area contributed by atoms with Gasteiger partial charge in [-0.25, -0.2) is 0 Å². The standard InChI is InChI=1S/C18H25N3OS/c1-15(17-7-4-3-5-8-17)22-11-6-10-20-18(19-2)21-13-16-9-12-23-14-16/h3-5,7-9,12,14-15H,6,10-11,13H2,1-2H3,(H2,19,20,21). The van der Waals surface area contributed by atoms with E-state index in [2.05, 4.69) is 51.5 Å². The van der Waals surface area contributed by atoms with Crippen molar-refractivity contribution < 1.29 is 4.74 Å². The van der Waals surface area contributed by atoms with Crippen molar-refractivity contribution in [2.75, 3.05) is 20.2 Å². The summed E-state index contributed by atoms with van der Waals surface area (Å²) < 4.78 is 5.86. The smallest absolute Gasteiger partial charge is 0.191 e. The molecule has 2 N–H and O–H groups in total. The van der Waals surface area contributed by atoms with Gasteiger partial charge in [-0.05, 0) is 41.3 Å². The van der Waals surface area contributed by atoms with E-state index >= 15 is 0 Å². The van der Waals surface area contributed by atoms with Crippen LogP contribution in [0.1, 0.15) is 30.6 Å². The van der Waals surface area contributed by atoms with Crippen LogP contribution in [0.4, 0.5) is 0 Å². The molecule has 0 radical (unpaired) electrons. The normalized spacial score (nSPS) is 12.9. The lowest BCUT2D eigenvalue weighted by Crippen LogP contribution is -2.37. The maximum atomic E-state index is 5.86. The summed E-state index contributed by atoms with van der Waals surface area (Å²) >= 11 is 1.71. The third-order valence-electron chi connectivity index (χ3n) is 3.51. The number of aliphatic imine (C=N–C) groups is 1. The third kappa shape index (κ3) is 6.42. The quantitative estimate of drug-likeness (QED) is 0.441. The molecule has 1 aromatic carbocycles. The van der Waals surface area contributed by atoms with Crippen molar-refractivity contribution in [3.8, 4) is 0 Å². The monoisotopic (exact) mass is 331 g/mol. The molecule has 0 aliphatic carbocycles. The highest BCUT2D eigenvalue weighted by Crippen LogP contribution is 2.15. The summed E-state index contributed by atoms with van der Waals surface area (Å²) in [4.78, 5) is 4.22. The van der Waals surface area contributed by atoms with E-state index in [-0.39, 0.29) is 6.10 Å². The Morgan fingerprint density at radius 3 is 2.74 bits per heavy atom. The van der Waals surface area contributed by atoms with Gasteiger partial charge in [-0.15, -0.1) is 0 Å². The Hall–Kier alpha value is -1.85. The fourth-order valence-electron chi connectivity index (χ4n) is 2.16. The highest BCUT2D eigenvalue weighted by molar-refractivity contribution is 7.07. The van der Waals surface area contributed by atoms with Crippen LogP contribution in [0, 0.1) is 0 Å². The van der Waals surface area contributed by atoms with Crippen LogP contribution in [0.5, 0.6) is 0 Å². The molecular formula is C18H25N3OS. The Labute approximate surface area is 142 Å². The van der Waals surface area contributed by atoms with Crippen molar-refractivity contribution >= 4 is 17.3 Å². The van der Waals surface area contributed by atoms with Crippen molar-refractivity contribution in [3.63, 3.8) is 0 Å². The number of hydrogen-bond donors (Lipinski definition) is 2. The fraction of sp³-hybridized carbons (Fsp3) is 0.389. The van der Waals surface area contributed by atoms with Crippen LogP contribution in [0.15, 0.2) is 52.2 Å². The summed E-state index contributed by atoms with van der Waals surface area (Å²) in [6.45, 7) is 4.45. The summed E-state index contributed by atoms with van der Waals surface area (Å²) in [6.07, 6.45) is 1.07. The highest BCUT2D eigenvalue weighted by Gasteiger charge is 2.04. The number of thiophene rings is 1. The van der Waals surface area contributed by atoms with E-state index in [4.69, 9.17) is 4.74 Å². The second-order valence-corrected chi connectivity index (χ2v) is 6.04. The second kappa shape index (κ2) is 10.0. The van der Waals surface area contributed by atoms with Crippen molar-refractivity contribution in [1.82, 2.24) is 10.6 Å². The Morgan fingerprint density at radius 2 is 2.04 bits per heavy atom. The molecule has 1 unspecified atom stereocenters. The van der Waals surface area contributed by atoms with E-state index in [0.717, 1.165) is 32.1 Å². The molecule has 0 fully saturated rings. The Kier molecular flexibility index (Phi) is 7.63. The molecule has 1 atom stereocenters. The van der Waals surface area contributed by atoms with E-state index in [0.29, 0.717) is 0 Å². The second-order valence-electron chi connectivity index (χ2n) is 5.26. The Morgan fingerprint density at radius 1 is 1.22 bits per heavy atom. The number of nitrogens with zero attached hydrogens (tertiary/aromatic N) is 1. The lowest BCUT2D eigenvalue weighted by Gasteiger charge is -2.14. The van der Waals surface area contributed by atoms with Crippen LogP contribution in [0.2, 0.25) is 0 Å². The number of benzene rings is 1. The third-order valence-corrected chi connectivity index (χ3v) is 4.25. The molecule has 0 aliphatic heterocycles. The molecule has 124 valence electrons. The van der Waals surface area contributed by atoms with Gasteiger partial charge in [0.1, 0.15) is 0 Å². The zero-order chi connectivity index (χ0) is 16.3. The Balaban J connectivity index is 1.58. The topological polar surface area (TPSA) is 45.7 Å². The van der Waals surface area contributed by atoms with E-state index in [9.17, 15) is 0 Å². The van der Waals surface area contributed by atoms with Gasteiger partial charge in [0, 0.05) is 26.7 Å². The lowest BCUT2D eigenvalue weighted by molar-refractivity contribution is 0.0646.